The number of hydrogen-bond acceptors (Lipinski definition) is 4. The van der Waals surface area contributed by atoms with Crippen molar-refractivity contribution < 1.29 is 0 Å². The van der Waals surface area contributed by atoms with Gasteiger partial charge in [-0.25, -0.2) is 4.98 Å². The van der Waals surface area contributed by atoms with E-state index in [2.05, 4.69) is 101 Å². The summed E-state index contributed by atoms with van der Waals surface area (Å²) in [4.78, 5) is 23.5. The van der Waals surface area contributed by atoms with Crippen molar-refractivity contribution in [3.8, 4) is 0 Å². The van der Waals surface area contributed by atoms with Crippen molar-refractivity contribution in [1.82, 2.24) is 9.38 Å². The molecule has 8 aromatic rings. The van der Waals surface area contributed by atoms with Gasteiger partial charge in [0.1, 0.15) is 5.65 Å². The van der Waals surface area contributed by atoms with Gasteiger partial charge in [0.2, 0.25) is 0 Å². The second-order valence-electron chi connectivity index (χ2n) is 10.4. The van der Waals surface area contributed by atoms with Crippen LogP contribution in [-0.4, -0.2) is 9.38 Å². The quantitative estimate of drug-likeness (QED) is 0.226. The van der Waals surface area contributed by atoms with Crippen molar-refractivity contribution in [3.05, 3.63) is 144 Å². The van der Waals surface area contributed by atoms with E-state index in [-0.39, 0.29) is 5.56 Å². The van der Waals surface area contributed by atoms with Crippen molar-refractivity contribution in [2.45, 2.75) is 0 Å². The highest BCUT2D eigenvalue weighted by molar-refractivity contribution is 6.20. The normalized spacial score (nSPS) is 12.9. The zero-order valence-corrected chi connectivity index (χ0v) is 21.9. The van der Waals surface area contributed by atoms with Crippen LogP contribution in [0.25, 0.3) is 38.2 Å². The SMILES string of the molecule is O=c1c2cccc3c(N4c5ccccc5N(c5ccccc5)c5ccccc54)ccc(c32)c2nc3ccccc3n12. The van der Waals surface area contributed by atoms with Crippen molar-refractivity contribution in [1.29, 1.82) is 0 Å². The maximum absolute atomic E-state index is 14.0. The molecule has 5 nitrogen and oxygen atoms in total. The average Bonchev–Trinajstić information content (AvgIpc) is 3.43. The molecule has 2 aromatic heterocycles. The summed E-state index contributed by atoms with van der Waals surface area (Å²) in [5, 5.41) is 3.63. The average molecular weight is 527 g/mol. The van der Waals surface area contributed by atoms with Crippen molar-refractivity contribution in [2.75, 3.05) is 9.80 Å². The minimum absolute atomic E-state index is 0.0429. The van der Waals surface area contributed by atoms with Crippen LogP contribution in [0.2, 0.25) is 0 Å². The van der Waals surface area contributed by atoms with Gasteiger partial charge in [0.25, 0.3) is 5.56 Å². The Morgan fingerprint density at radius 1 is 0.463 bits per heavy atom. The molecule has 0 radical (unpaired) electrons. The molecule has 0 bridgehead atoms. The number of fused-ring (bicyclic) bond motifs is 6. The fraction of sp³-hybridized carbons (Fsp3) is 0. The summed E-state index contributed by atoms with van der Waals surface area (Å²) in [6, 6.07) is 45.7. The molecule has 192 valence electrons. The van der Waals surface area contributed by atoms with Crippen molar-refractivity contribution in [3.63, 3.8) is 0 Å². The van der Waals surface area contributed by atoms with E-state index in [0.717, 1.165) is 61.3 Å². The Balaban J connectivity index is 1.38. The summed E-state index contributed by atoms with van der Waals surface area (Å²) in [7, 11) is 0. The van der Waals surface area contributed by atoms with Gasteiger partial charge in [0, 0.05) is 27.2 Å². The Morgan fingerprint density at radius 2 is 1.07 bits per heavy atom. The first kappa shape index (κ1) is 22.2. The van der Waals surface area contributed by atoms with Gasteiger partial charge in [-0.1, -0.05) is 66.7 Å². The fourth-order valence-corrected chi connectivity index (χ4v) is 6.54. The Bertz CT molecular complexity index is 2310. The van der Waals surface area contributed by atoms with Crippen molar-refractivity contribution in [2.24, 2.45) is 0 Å². The lowest BCUT2D eigenvalue weighted by atomic mass is 9.98. The van der Waals surface area contributed by atoms with E-state index < -0.39 is 0 Å². The van der Waals surface area contributed by atoms with E-state index in [0.29, 0.717) is 11.0 Å². The Morgan fingerprint density at radius 3 is 1.80 bits per heavy atom. The molecule has 0 spiro atoms. The standard InChI is InChI=1S/C36H22N4O/c41-36-26-14-10-13-24-28(22-21-25(34(24)26)35-37-27-15-4-5-16-29(27)40(35)36)39-32-19-8-6-17-30(32)38(23-11-2-1-3-12-23)31-18-7-9-20-33(31)39/h1-22H. The Labute approximate surface area is 235 Å². The largest absolute Gasteiger partial charge is 0.306 e. The smallest absolute Gasteiger partial charge is 0.264 e. The van der Waals surface area contributed by atoms with Crippen LogP contribution in [0, 0.1) is 0 Å². The van der Waals surface area contributed by atoms with Crippen LogP contribution in [0.4, 0.5) is 34.1 Å². The van der Waals surface area contributed by atoms with Gasteiger partial charge in [-0.15, -0.1) is 0 Å². The molecule has 5 heteroatoms. The number of anilines is 6. The number of pyridine rings is 1. The summed E-state index contributed by atoms with van der Waals surface area (Å²) >= 11 is 0. The van der Waals surface area contributed by atoms with Crippen LogP contribution < -0.4 is 15.4 Å². The predicted molar refractivity (Wildman–Crippen MR) is 168 cm³/mol. The molecule has 0 amide bonds. The van der Waals surface area contributed by atoms with Crippen LogP contribution >= 0.6 is 0 Å². The zero-order valence-electron chi connectivity index (χ0n) is 21.9. The van der Waals surface area contributed by atoms with Gasteiger partial charge in [-0.2, -0.15) is 0 Å². The number of benzene rings is 6. The first-order chi connectivity index (χ1) is 20.3. The monoisotopic (exact) mass is 526 g/mol. The lowest BCUT2D eigenvalue weighted by molar-refractivity contribution is 1.17. The number of para-hydroxylation sites is 7. The molecule has 0 saturated carbocycles. The highest BCUT2D eigenvalue weighted by Crippen LogP contribution is 2.55. The van der Waals surface area contributed by atoms with E-state index in [4.69, 9.17) is 4.98 Å². The molecule has 1 aliphatic rings. The number of rotatable bonds is 2. The van der Waals surface area contributed by atoms with Gasteiger partial charge in [0.05, 0.1) is 39.5 Å². The molecule has 3 heterocycles. The highest BCUT2D eigenvalue weighted by Gasteiger charge is 2.31. The molecule has 1 aliphatic heterocycles. The summed E-state index contributed by atoms with van der Waals surface area (Å²) in [5.41, 5.74) is 8.77. The molecular formula is C36H22N4O. The van der Waals surface area contributed by atoms with Gasteiger partial charge in [0.15, 0.2) is 0 Å². The number of imidazole rings is 1. The molecule has 0 unspecified atom stereocenters. The van der Waals surface area contributed by atoms with Gasteiger partial charge in [-0.05, 0) is 66.7 Å². The first-order valence-corrected chi connectivity index (χ1v) is 13.7. The van der Waals surface area contributed by atoms with Crippen LogP contribution in [0.1, 0.15) is 0 Å². The maximum atomic E-state index is 14.0. The summed E-state index contributed by atoms with van der Waals surface area (Å²) < 4.78 is 1.76. The number of nitrogens with zero attached hydrogens (tertiary/aromatic N) is 4. The molecule has 9 rings (SSSR count). The third-order valence-electron chi connectivity index (χ3n) is 8.24. The molecule has 6 aromatic carbocycles. The Kier molecular flexibility index (Phi) is 4.41. The second-order valence-corrected chi connectivity index (χ2v) is 10.4. The molecule has 0 atom stereocenters. The van der Waals surface area contributed by atoms with E-state index >= 15 is 0 Å². The minimum Gasteiger partial charge on any atom is -0.306 e. The van der Waals surface area contributed by atoms with Gasteiger partial charge >= 0.3 is 0 Å². The first-order valence-electron chi connectivity index (χ1n) is 13.7. The lowest BCUT2D eigenvalue weighted by Gasteiger charge is -2.40. The maximum Gasteiger partial charge on any atom is 0.264 e. The predicted octanol–water partition coefficient (Wildman–Crippen LogP) is 8.84. The number of hydrogen-bond donors (Lipinski definition) is 0. The van der Waals surface area contributed by atoms with E-state index in [1.165, 1.54) is 0 Å². The zero-order chi connectivity index (χ0) is 27.1. The number of aromatic nitrogens is 2. The lowest BCUT2D eigenvalue weighted by Crippen LogP contribution is -2.24. The van der Waals surface area contributed by atoms with Crippen LogP contribution in [0.3, 0.4) is 0 Å². The third-order valence-corrected chi connectivity index (χ3v) is 8.24. The fourth-order valence-electron chi connectivity index (χ4n) is 6.54. The van der Waals surface area contributed by atoms with E-state index in [1.807, 2.05) is 42.5 Å². The highest BCUT2D eigenvalue weighted by atomic mass is 16.1. The van der Waals surface area contributed by atoms with Crippen molar-refractivity contribution >= 4 is 72.3 Å². The van der Waals surface area contributed by atoms with Gasteiger partial charge < -0.3 is 9.80 Å². The molecule has 0 aliphatic carbocycles. The second kappa shape index (κ2) is 8.16. The van der Waals surface area contributed by atoms with Crippen LogP contribution in [0.5, 0.6) is 0 Å². The van der Waals surface area contributed by atoms with Gasteiger partial charge in [-0.3, -0.25) is 9.20 Å². The van der Waals surface area contributed by atoms with Crippen LogP contribution in [-0.2, 0) is 0 Å². The molecule has 0 N–H and O–H groups in total. The third kappa shape index (κ3) is 2.95. The van der Waals surface area contributed by atoms with E-state index in [1.54, 1.807) is 4.40 Å². The summed E-state index contributed by atoms with van der Waals surface area (Å²) in [5.74, 6) is 0. The Hall–Kier alpha value is -5.68. The summed E-state index contributed by atoms with van der Waals surface area (Å²) in [6.45, 7) is 0. The molecule has 0 saturated heterocycles. The molecule has 0 fully saturated rings. The minimum atomic E-state index is -0.0429. The molecule has 41 heavy (non-hydrogen) atoms. The van der Waals surface area contributed by atoms with Crippen LogP contribution in [0.15, 0.2) is 138 Å². The summed E-state index contributed by atoms with van der Waals surface area (Å²) in [6.07, 6.45) is 0. The molecular weight excluding hydrogens is 504 g/mol. The van der Waals surface area contributed by atoms with E-state index in [9.17, 15) is 4.79 Å². The topological polar surface area (TPSA) is 40.9 Å².